The fraction of sp³-hybridized carbons (Fsp3) is 0.556. The van der Waals surface area contributed by atoms with Crippen molar-refractivity contribution in [3.05, 3.63) is 40.3 Å². The molecule has 0 saturated carbocycles. The second kappa shape index (κ2) is 8.20. The zero-order valence-corrected chi connectivity index (χ0v) is 14.6. The molecule has 1 saturated heterocycles. The predicted octanol–water partition coefficient (Wildman–Crippen LogP) is 4.05. The van der Waals surface area contributed by atoms with Gasteiger partial charge in [0.25, 0.3) is 5.69 Å². The average Bonchev–Trinajstić information content (AvgIpc) is 2.97. The molecule has 0 amide bonds. The first-order chi connectivity index (χ1) is 12.2. The maximum absolute atomic E-state index is 10.9. The summed E-state index contributed by atoms with van der Waals surface area (Å²) in [5, 5.41) is 14.9. The van der Waals surface area contributed by atoms with E-state index in [-0.39, 0.29) is 5.69 Å². The first kappa shape index (κ1) is 17.5. The van der Waals surface area contributed by atoms with Crippen molar-refractivity contribution in [1.29, 1.82) is 0 Å². The number of likely N-dealkylation sites (tertiary alicyclic amines) is 1. The molecule has 1 aliphatic heterocycles. The number of aromatic nitrogens is 2. The van der Waals surface area contributed by atoms with Crippen molar-refractivity contribution in [1.82, 2.24) is 15.0 Å². The summed E-state index contributed by atoms with van der Waals surface area (Å²) in [6, 6.07) is 6.31. The molecule has 0 bridgehead atoms. The zero-order valence-electron chi connectivity index (χ0n) is 14.6. The second-order valence-corrected chi connectivity index (χ2v) is 6.68. The van der Waals surface area contributed by atoms with E-state index in [0.29, 0.717) is 23.8 Å². The molecule has 1 aromatic heterocycles. The van der Waals surface area contributed by atoms with E-state index in [1.54, 1.807) is 12.1 Å². The van der Waals surface area contributed by atoms with E-state index in [9.17, 15) is 10.1 Å². The molecule has 0 unspecified atom stereocenters. The van der Waals surface area contributed by atoms with Gasteiger partial charge in [0.15, 0.2) is 0 Å². The quantitative estimate of drug-likeness (QED) is 0.580. The molecule has 25 heavy (non-hydrogen) atoms. The molecule has 0 N–H and O–H groups in total. The van der Waals surface area contributed by atoms with Gasteiger partial charge in [-0.15, -0.1) is 0 Å². The van der Waals surface area contributed by atoms with E-state index in [0.717, 1.165) is 19.0 Å². The highest BCUT2D eigenvalue weighted by Crippen LogP contribution is 2.24. The molecule has 0 spiro atoms. The van der Waals surface area contributed by atoms with Crippen molar-refractivity contribution in [2.45, 2.75) is 45.6 Å². The normalized spacial score (nSPS) is 18.8. The molecule has 134 valence electrons. The van der Waals surface area contributed by atoms with Gasteiger partial charge in [-0.25, -0.2) is 0 Å². The Morgan fingerprint density at radius 1 is 1.36 bits per heavy atom. The predicted molar refractivity (Wildman–Crippen MR) is 93.9 cm³/mol. The van der Waals surface area contributed by atoms with Crippen molar-refractivity contribution in [3.8, 4) is 11.4 Å². The van der Waals surface area contributed by atoms with Gasteiger partial charge in [0, 0.05) is 17.7 Å². The summed E-state index contributed by atoms with van der Waals surface area (Å²) < 4.78 is 5.36. The van der Waals surface area contributed by atoms with Gasteiger partial charge < -0.3 is 4.52 Å². The van der Waals surface area contributed by atoms with Crippen LogP contribution < -0.4 is 0 Å². The van der Waals surface area contributed by atoms with Crippen LogP contribution in [-0.4, -0.2) is 33.1 Å². The number of rotatable bonds is 6. The highest BCUT2D eigenvalue weighted by Gasteiger charge is 2.19. The lowest BCUT2D eigenvalue weighted by Crippen LogP contribution is -2.24. The molecule has 7 heteroatoms. The monoisotopic (exact) mass is 344 g/mol. The van der Waals surface area contributed by atoms with Crippen molar-refractivity contribution < 1.29 is 9.45 Å². The second-order valence-electron chi connectivity index (χ2n) is 6.68. The summed E-state index contributed by atoms with van der Waals surface area (Å²) in [6.07, 6.45) is 6.29. The lowest BCUT2D eigenvalue weighted by molar-refractivity contribution is -0.384. The molecule has 1 fully saturated rings. The van der Waals surface area contributed by atoms with Gasteiger partial charge in [-0.3, -0.25) is 15.0 Å². The van der Waals surface area contributed by atoms with E-state index in [1.807, 2.05) is 0 Å². The molecular weight excluding hydrogens is 320 g/mol. The highest BCUT2D eigenvalue weighted by molar-refractivity contribution is 5.58. The van der Waals surface area contributed by atoms with Gasteiger partial charge in [-0.05, 0) is 38.3 Å². The Kier molecular flexibility index (Phi) is 5.75. The molecular formula is C18H24N4O3. The van der Waals surface area contributed by atoms with Crippen LogP contribution in [0, 0.1) is 16.0 Å². The van der Waals surface area contributed by atoms with Gasteiger partial charge >= 0.3 is 0 Å². The van der Waals surface area contributed by atoms with Crippen LogP contribution in [0.1, 0.15) is 44.9 Å². The summed E-state index contributed by atoms with van der Waals surface area (Å²) in [4.78, 5) is 17.3. The fourth-order valence-corrected chi connectivity index (χ4v) is 3.47. The maximum atomic E-state index is 10.9. The number of nitro benzene ring substituents is 1. The summed E-state index contributed by atoms with van der Waals surface area (Å²) in [5.41, 5.74) is 0.626. The Morgan fingerprint density at radius 2 is 2.24 bits per heavy atom. The van der Waals surface area contributed by atoms with Crippen LogP contribution in [0.2, 0.25) is 0 Å². The minimum Gasteiger partial charge on any atom is -0.338 e. The number of benzene rings is 1. The molecule has 1 aromatic carbocycles. The standard InChI is InChI=1S/C18H24N4O3/c1-2-5-14-6-4-10-21(11-9-14)13-17-19-18(20-25-17)15-7-3-8-16(12-15)22(23)24/h3,7-8,12,14H,2,4-6,9-11,13H2,1H3/t14-/m1/s1. The molecule has 7 nitrogen and oxygen atoms in total. The summed E-state index contributed by atoms with van der Waals surface area (Å²) >= 11 is 0. The highest BCUT2D eigenvalue weighted by atomic mass is 16.6. The van der Waals surface area contributed by atoms with Crippen LogP contribution in [-0.2, 0) is 6.54 Å². The fourth-order valence-electron chi connectivity index (χ4n) is 3.47. The van der Waals surface area contributed by atoms with Crippen LogP contribution >= 0.6 is 0 Å². The molecule has 0 radical (unpaired) electrons. The van der Waals surface area contributed by atoms with Gasteiger partial charge in [0.2, 0.25) is 11.7 Å². The number of hydrogen-bond donors (Lipinski definition) is 0. The largest absolute Gasteiger partial charge is 0.338 e. The number of nitro groups is 1. The SMILES string of the molecule is CCC[C@@H]1CCCN(Cc2nc(-c3cccc([N+](=O)[O-])c3)no2)CC1. The van der Waals surface area contributed by atoms with Crippen LogP contribution in [0.5, 0.6) is 0 Å². The first-order valence-corrected chi connectivity index (χ1v) is 8.95. The van der Waals surface area contributed by atoms with E-state index in [4.69, 9.17) is 4.52 Å². The number of nitrogens with zero attached hydrogens (tertiary/aromatic N) is 4. The van der Waals surface area contributed by atoms with Crippen molar-refractivity contribution in [3.63, 3.8) is 0 Å². The Balaban J connectivity index is 1.64. The first-order valence-electron chi connectivity index (χ1n) is 8.95. The van der Waals surface area contributed by atoms with Crippen LogP contribution in [0.15, 0.2) is 28.8 Å². The van der Waals surface area contributed by atoms with Crippen molar-refractivity contribution in [2.75, 3.05) is 13.1 Å². The summed E-state index contributed by atoms with van der Waals surface area (Å²) in [7, 11) is 0. The van der Waals surface area contributed by atoms with Crippen LogP contribution in [0.4, 0.5) is 5.69 Å². The summed E-state index contributed by atoms with van der Waals surface area (Å²) in [5.74, 6) is 1.80. The Labute approximate surface area is 147 Å². The van der Waals surface area contributed by atoms with E-state index in [1.165, 1.54) is 44.2 Å². The molecule has 0 aliphatic carbocycles. The number of hydrogen-bond acceptors (Lipinski definition) is 6. The van der Waals surface area contributed by atoms with E-state index >= 15 is 0 Å². The van der Waals surface area contributed by atoms with Crippen molar-refractivity contribution >= 4 is 5.69 Å². The third-order valence-electron chi connectivity index (χ3n) is 4.78. The van der Waals surface area contributed by atoms with Gasteiger partial charge in [0.05, 0.1) is 11.5 Å². The minimum absolute atomic E-state index is 0.0262. The Morgan fingerprint density at radius 3 is 3.04 bits per heavy atom. The van der Waals surface area contributed by atoms with Crippen LogP contribution in [0.25, 0.3) is 11.4 Å². The molecule has 1 aliphatic rings. The molecule has 2 heterocycles. The third-order valence-corrected chi connectivity index (χ3v) is 4.78. The maximum Gasteiger partial charge on any atom is 0.270 e. The van der Waals surface area contributed by atoms with Gasteiger partial charge in [-0.2, -0.15) is 4.98 Å². The molecule has 1 atom stereocenters. The van der Waals surface area contributed by atoms with Gasteiger partial charge in [-0.1, -0.05) is 37.1 Å². The summed E-state index contributed by atoms with van der Waals surface area (Å²) in [6.45, 7) is 4.99. The minimum atomic E-state index is -0.422. The van der Waals surface area contributed by atoms with Crippen LogP contribution in [0.3, 0.4) is 0 Å². The Hall–Kier alpha value is -2.28. The lowest BCUT2D eigenvalue weighted by Gasteiger charge is -2.17. The average molecular weight is 344 g/mol. The van der Waals surface area contributed by atoms with Gasteiger partial charge in [0.1, 0.15) is 0 Å². The molecule has 2 aromatic rings. The topological polar surface area (TPSA) is 85.3 Å². The van der Waals surface area contributed by atoms with E-state index in [2.05, 4.69) is 22.0 Å². The Bertz CT molecular complexity index is 716. The smallest absolute Gasteiger partial charge is 0.270 e. The third kappa shape index (κ3) is 4.63. The van der Waals surface area contributed by atoms with Crippen molar-refractivity contribution in [2.24, 2.45) is 5.92 Å². The molecule has 3 rings (SSSR count). The lowest BCUT2D eigenvalue weighted by atomic mass is 9.96. The number of non-ortho nitro benzene ring substituents is 1. The van der Waals surface area contributed by atoms with E-state index < -0.39 is 4.92 Å². The zero-order chi connectivity index (χ0) is 17.6.